The molecule has 1 aliphatic heterocycles. The number of rotatable bonds is 4. The van der Waals surface area contributed by atoms with Crippen molar-refractivity contribution in [3.8, 4) is 5.69 Å². The van der Waals surface area contributed by atoms with Crippen molar-refractivity contribution in [1.82, 2.24) is 14.7 Å². The molecule has 1 saturated heterocycles. The van der Waals surface area contributed by atoms with E-state index in [0.717, 1.165) is 42.3 Å². The largest absolute Gasteiger partial charge is 0.322 e. The smallest absolute Gasteiger partial charge is 0.241 e. The van der Waals surface area contributed by atoms with Crippen LogP contribution < -0.4 is 5.32 Å². The van der Waals surface area contributed by atoms with Gasteiger partial charge in [0.15, 0.2) is 0 Å². The van der Waals surface area contributed by atoms with Crippen LogP contribution in [-0.4, -0.2) is 39.7 Å². The summed E-state index contributed by atoms with van der Waals surface area (Å²) in [5.41, 5.74) is 4.01. The number of benzene rings is 1. The number of hydrogen-bond acceptors (Lipinski definition) is 3. The zero-order valence-corrected chi connectivity index (χ0v) is 17.8. The van der Waals surface area contributed by atoms with E-state index in [1.807, 2.05) is 55.8 Å². The second-order valence-corrected chi connectivity index (χ2v) is 8.75. The van der Waals surface area contributed by atoms with Crippen LogP contribution >= 0.6 is 0 Å². The van der Waals surface area contributed by atoms with E-state index in [1.54, 1.807) is 0 Å². The zero-order valence-electron chi connectivity index (χ0n) is 17.8. The van der Waals surface area contributed by atoms with Gasteiger partial charge in [-0.3, -0.25) is 9.69 Å². The molecule has 2 aromatic rings. The van der Waals surface area contributed by atoms with Gasteiger partial charge in [0.25, 0.3) is 0 Å². The van der Waals surface area contributed by atoms with Crippen molar-refractivity contribution in [2.45, 2.75) is 58.9 Å². The van der Waals surface area contributed by atoms with Crippen LogP contribution in [0.25, 0.3) is 5.69 Å². The Morgan fingerprint density at radius 2 is 1.97 bits per heavy atom. The van der Waals surface area contributed by atoms with E-state index in [0.29, 0.717) is 5.41 Å². The molecule has 4 rings (SSSR count). The van der Waals surface area contributed by atoms with Crippen LogP contribution in [0.1, 0.15) is 50.4 Å². The van der Waals surface area contributed by atoms with Crippen molar-refractivity contribution in [3.63, 3.8) is 0 Å². The predicted molar refractivity (Wildman–Crippen MR) is 117 cm³/mol. The molecule has 1 aromatic carbocycles. The lowest BCUT2D eigenvalue weighted by molar-refractivity contribution is -0.122. The summed E-state index contributed by atoms with van der Waals surface area (Å²) in [5, 5.41) is 7.83. The van der Waals surface area contributed by atoms with E-state index in [9.17, 15) is 4.79 Å². The lowest BCUT2D eigenvalue weighted by Gasteiger charge is -2.45. The highest BCUT2D eigenvalue weighted by atomic mass is 16.2. The van der Waals surface area contributed by atoms with Gasteiger partial charge in [0.1, 0.15) is 0 Å². The van der Waals surface area contributed by atoms with Gasteiger partial charge in [-0.2, -0.15) is 5.10 Å². The van der Waals surface area contributed by atoms with E-state index in [-0.39, 0.29) is 11.9 Å². The number of amides is 1. The fourth-order valence-electron chi connectivity index (χ4n) is 4.93. The number of aromatic nitrogens is 2. The first-order valence-electron chi connectivity index (χ1n) is 10.8. The van der Waals surface area contributed by atoms with E-state index in [4.69, 9.17) is 0 Å². The summed E-state index contributed by atoms with van der Waals surface area (Å²) in [6.45, 7) is 8.03. The lowest BCUT2D eigenvalue weighted by atomic mass is 9.71. The van der Waals surface area contributed by atoms with Crippen LogP contribution in [0.4, 0.5) is 5.69 Å². The van der Waals surface area contributed by atoms with Gasteiger partial charge in [-0.05, 0) is 77.0 Å². The fraction of sp³-hybridized carbons (Fsp3) is 0.500. The molecule has 1 aromatic heterocycles. The molecule has 29 heavy (non-hydrogen) atoms. The second kappa shape index (κ2) is 8.15. The number of nitrogens with one attached hydrogen (secondary N) is 1. The van der Waals surface area contributed by atoms with Crippen LogP contribution in [0.2, 0.25) is 0 Å². The molecule has 2 atom stereocenters. The molecule has 0 radical (unpaired) electrons. The van der Waals surface area contributed by atoms with E-state index < -0.39 is 0 Å². The van der Waals surface area contributed by atoms with Crippen LogP contribution in [0.3, 0.4) is 0 Å². The van der Waals surface area contributed by atoms with Crippen molar-refractivity contribution in [2.75, 3.05) is 18.4 Å². The number of aryl methyl sites for hydroxylation is 1. The van der Waals surface area contributed by atoms with Crippen molar-refractivity contribution >= 4 is 11.6 Å². The molecule has 5 nitrogen and oxygen atoms in total. The Morgan fingerprint density at radius 1 is 1.17 bits per heavy atom. The molecule has 154 valence electrons. The third-order valence-electron chi connectivity index (χ3n) is 6.72. The summed E-state index contributed by atoms with van der Waals surface area (Å²) in [6, 6.07) is 9.90. The third kappa shape index (κ3) is 4.01. The van der Waals surface area contributed by atoms with E-state index in [2.05, 4.69) is 27.5 Å². The van der Waals surface area contributed by atoms with Gasteiger partial charge in [-0.15, -0.1) is 0 Å². The number of nitrogens with zero attached hydrogens (tertiary/aromatic N) is 3. The number of likely N-dealkylation sites (tertiary alicyclic amines) is 1. The standard InChI is InChI=1S/C24H32N4O/c1-18-22(19(2)28(26-18)21-11-6-4-7-12-21)25-23(29)20(3)27-16-10-15-24(17-27)13-8-5-9-14-24/h4-8,11-12,20H,9-10,13-17H2,1-3H3,(H,25,29)/t20-,24-/m1/s1. The topological polar surface area (TPSA) is 50.2 Å². The van der Waals surface area contributed by atoms with Crippen LogP contribution in [-0.2, 0) is 4.79 Å². The first-order valence-corrected chi connectivity index (χ1v) is 10.8. The average Bonchev–Trinajstić information content (AvgIpc) is 3.02. The van der Waals surface area contributed by atoms with Gasteiger partial charge in [0, 0.05) is 6.54 Å². The minimum absolute atomic E-state index is 0.0622. The normalized spacial score (nSPS) is 23.3. The monoisotopic (exact) mass is 392 g/mol. The maximum absolute atomic E-state index is 13.1. The Bertz CT molecular complexity index is 901. The molecule has 0 unspecified atom stereocenters. The van der Waals surface area contributed by atoms with Crippen molar-refractivity contribution in [3.05, 3.63) is 53.9 Å². The van der Waals surface area contributed by atoms with Gasteiger partial charge in [-0.1, -0.05) is 30.4 Å². The Hall–Kier alpha value is -2.40. The third-order valence-corrected chi connectivity index (χ3v) is 6.72. The molecule has 1 aliphatic carbocycles. The number of carbonyl (C=O) groups excluding carboxylic acids is 1. The van der Waals surface area contributed by atoms with Gasteiger partial charge < -0.3 is 5.32 Å². The molecule has 0 bridgehead atoms. The van der Waals surface area contributed by atoms with Crippen LogP contribution in [0.15, 0.2) is 42.5 Å². The summed E-state index contributed by atoms with van der Waals surface area (Å²) in [6.07, 6.45) is 10.7. The molecule has 1 N–H and O–H groups in total. The van der Waals surface area contributed by atoms with Crippen molar-refractivity contribution in [1.29, 1.82) is 0 Å². The Kier molecular flexibility index (Phi) is 5.59. The zero-order chi connectivity index (χ0) is 20.4. The molecular weight excluding hydrogens is 360 g/mol. The molecule has 2 aliphatic rings. The van der Waals surface area contributed by atoms with Crippen molar-refractivity contribution in [2.24, 2.45) is 5.41 Å². The SMILES string of the molecule is Cc1nn(-c2ccccc2)c(C)c1NC(=O)[C@@H](C)N1CCC[C@]2(CC=CCC2)C1. The highest BCUT2D eigenvalue weighted by molar-refractivity contribution is 5.95. The highest BCUT2D eigenvalue weighted by Crippen LogP contribution is 2.41. The summed E-state index contributed by atoms with van der Waals surface area (Å²) >= 11 is 0. The van der Waals surface area contributed by atoms with Crippen molar-refractivity contribution < 1.29 is 4.79 Å². The number of piperidine rings is 1. The first kappa shape index (κ1) is 19.9. The Balaban J connectivity index is 1.48. The predicted octanol–water partition coefficient (Wildman–Crippen LogP) is 4.64. The summed E-state index contributed by atoms with van der Waals surface area (Å²) in [7, 11) is 0. The molecule has 0 saturated carbocycles. The van der Waals surface area contributed by atoms with E-state index >= 15 is 0 Å². The van der Waals surface area contributed by atoms with Gasteiger partial charge in [0.05, 0.1) is 28.8 Å². The maximum Gasteiger partial charge on any atom is 0.241 e. The van der Waals surface area contributed by atoms with Crippen LogP contribution in [0, 0.1) is 19.3 Å². The fourth-order valence-corrected chi connectivity index (χ4v) is 4.93. The van der Waals surface area contributed by atoms with Crippen LogP contribution in [0.5, 0.6) is 0 Å². The number of hydrogen-bond donors (Lipinski definition) is 1. The lowest BCUT2D eigenvalue weighted by Crippen LogP contribution is -2.51. The molecule has 1 amide bonds. The minimum Gasteiger partial charge on any atom is -0.322 e. The number of allylic oxidation sites excluding steroid dienone is 2. The van der Waals surface area contributed by atoms with Gasteiger partial charge in [0.2, 0.25) is 5.91 Å². The summed E-state index contributed by atoms with van der Waals surface area (Å²) < 4.78 is 1.90. The Morgan fingerprint density at radius 3 is 2.69 bits per heavy atom. The molecule has 2 heterocycles. The van der Waals surface area contributed by atoms with E-state index in [1.165, 1.54) is 25.7 Å². The molecular formula is C24H32N4O. The number of carbonyl (C=O) groups is 1. The maximum atomic E-state index is 13.1. The number of anilines is 1. The second-order valence-electron chi connectivity index (χ2n) is 8.75. The summed E-state index contributed by atoms with van der Waals surface area (Å²) in [5.74, 6) is 0.0622. The van der Waals surface area contributed by atoms with Gasteiger partial charge >= 0.3 is 0 Å². The molecule has 5 heteroatoms. The minimum atomic E-state index is -0.142. The van der Waals surface area contributed by atoms with Gasteiger partial charge in [-0.25, -0.2) is 4.68 Å². The Labute approximate surface area is 173 Å². The quantitative estimate of drug-likeness (QED) is 0.771. The molecule has 1 spiro atoms. The molecule has 1 fully saturated rings. The highest BCUT2D eigenvalue weighted by Gasteiger charge is 2.38. The first-order chi connectivity index (χ1) is 14.0. The number of para-hydroxylation sites is 1. The summed E-state index contributed by atoms with van der Waals surface area (Å²) in [4.78, 5) is 15.5. The average molecular weight is 393 g/mol.